The highest BCUT2D eigenvalue weighted by molar-refractivity contribution is 8.05. The van der Waals surface area contributed by atoms with Gasteiger partial charge in [0.2, 0.25) is 5.91 Å². The second kappa shape index (κ2) is 14.1. The minimum atomic E-state index is -3.33. The molecule has 1 aromatic carbocycles. The maximum atomic E-state index is 13.4. The predicted molar refractivity (Wildman–Crippen MR) is 150 cm³/mol. The Morgan fingerprint density at radius 3 is 2.34 bits per heavy atom. The molecule has 0 aromatic heterocycles. The van der Waals surface area contributed by atoms with Crippen molar-refractivity contribution in [3.63, 3.8) is 0 Å². The molecule has 2 aliphatic rings. The van der Waals surface area contributed by atoms with Gasteiger partial charge in [0.1, 0.15) is 0 Å². The number of allylic oxidation sites excluding steroid dienone is 1. The molecule has 0 spiro atoms. The van der Waals surface area contributed by atoms with Crippen molar-refractivity contribution in [3.05, 3.63) is 52.5 Å². The summed E-state index contributed by atoms with van der Waals surface area (Å²) in [6.07, 6.45) is 3.69. The van der Waals surface area contributed by atoms with Crippen molar-refractivity contribution < 1.29 is 31.6 Å². The molecule has 3 N–H and O–H groups in total. The van der Waals surface area contributed by atoms with Gasteiger partial charge in [0.05, 0.1) is 40.5 Å². The minimum absolute atomic E-state index is 0.0641. The van der Waals surface area contributed by atoms with Gasteiger partial charge < -0.3 is 24.8 Å². The van der Waals surface area contributed by atoms with E-state index in [9.17, 15) is 17.8 Å². The molecule has 1 saturated carbocycles. The van der Waals surface area contributed by atoms with E-state index in [1.165, 1.54) is 0 Å². The molecule has 9 nitrogen and oxygen atoms in total. The number of nitrogens with one attached hydrogen (secondary N) is 1. The number of ether oxygens (including phenoxy) is 1. The van der Waals surface area contributed by atoms with E-state index >= 15 is 0 Å². The van der Waals surface area contributed by atoms with Crippen LogP contribution < -0.4 is 11.1 Å². The summed E-state index contributed by atoms with van der Waals surface area (Å²) in [6, 6.07) is 6.70. The van der Waals surface area contributed by atoms with Gasteiger partial charge in [-0.25, -0.2) is 8.42 Å². The van der Waals surface area contributed by atoms with Crippen LogP contribution in [0.25, 0.3) is 0 Å². The summed E-state index contributed by atoms with van der Waals surface area (Å²) in [4.78, 5) is 13.7. The summed E-state index contributed by atoms with van der Waals surface area (Å²) in [6.45, 7) is 9.20. The highest BCUT2D eigenvalue weighted by Crippen LogP contribution is 2.49. The minimum Gasteiger partial charge on any atom is -0.401 e. The molecule has 1 aliphatic carbocycles. The van der Waals surface area contributed by atoms with E-state index in [-0.39, 0.29) is 30.5 Å². The zero-order valence-corrected chi connectivity index (χ0v) is 24.6. The van der Waals surface area contributed by atoms with Crippen LogP contribution in [0.4, 0.5) is 0 Å². The lowest BCUT2D eigenvalue weighted by atomic mass is 9.84. The number of hydrogen-bond donors (Lipinski definition) is 2. The van der Waals surface area contributed by atoms with E-state index in [1.54, 1.807) is 43.5 Å². The van der Waals surface area contributed by atoms with Gasteiger partial charge in [0.15, 0.2) is 9.84 Å². The average molecular weight is 587 g/mol. The largest absolute Gasteiger partial charge is 0.401 e. The Hall–Kier alpha value is -1.62. The molecule has 212 valence electrons. The van der Waals surface area contributed by atoms with Gasteiger partial charge in [0.25, 0.3) is 0 Å². The van der Waals surface area contributed by atoms with Crippen molar-refractivity contribution in [2.75, 3.05) is 32.6 Å². The monoisotopic (exact) mass is 586 g/mol. The van der Waals surface area contributed by atoms with Crippen molar-refractivity contribution in [2.45, 2.75) is 62.0 Å². The first-order valence-electron chi connectivity index (χ1n) is 13.0. The van der Waals surface area contributed by atoms with E-state index < -0.39 is 23.4 Å². The highest BCUT2D eigenvalue weighted by Gasteiger charge is 2.37. The number of benzene rings is 1. The second-order valence-corrected chi connectivity index (χ2v) is 14.7. The van der Waals surface area contributed by atoms with E-state index in [2.05, 4.69) is 11.9 Å². The molecule has 2 fully saturated rings. The summed E-state index contributed by atoms with van der Waals surface area (Å²) in [5, 5.41) is 4.51. The van der Waals surface area contributed by atoms with Gasteiger partial charge >= 0.3 is 7.60 Å². The van der Waals surface area contributed by atoms with Crippen LogP contribution in [-0.4, -0.2) is 52.2 Å². The van der Waals surface area contributed by atoms with Crippen LogP contribution in [0.3, 0.4) is 0 Å². The standard InChI is InChI=1S/C26H39N2O7PS2/c1-4-34-36(30,35-5-2)17-22(27)18-37-19(3)28-26(29)25(16-20-12-14-33-15-13-20)21-6-8-23(9-7-21)38(31,32)24-10-11-24/h6-9,18,20,24-25H,3-5,10-17,27H2,1-2H3,(H,28,29)/b22-18-/t25-/m1/s1. The maximum Gasteiger partial charge on any atom is 0.336 e. The Kier molecular flexibility index (Phi) is 11.5. The quantitative estimate of drug-likeness (QED) is 0.275. The third kappa shape index (κ3) is 8.96. The molecular weight excluding hydrogens is 547 g/mol. The summed E-state index contributed by atoms with van der Waals surface area (Å²) in [5.41, 5.74) is 7.09. The smallest absolute Gasteiger partial charge is 0.336 e. The first-order chi connectivity index (χ1) is 18.1. The van der Waals surface area contributed by atoms with Crippen LogP contribution in [0.2, 0.25) is 0 Å². The van der Waals surface area contributed by atoms with Crippen molar-refractivity contribution in [1.82, 2.24) is 5.32 Å². The number of nitrogens with two attached hydrogens (primary N) is 1. The molecule has 1 saturated heterocycles. The molecule has 0 unspecified atom stereocenters. The number of rotatable bonds is 15. The normalized spacial score (nSPS) is 18.2. The van der Waals surface area contributed by atoms with Crippen LogP contribution in [0.15, 0.2) is 51.9 Å². The molecule has 1 atom stereocenters. The fourth-order valence-corrected chi connectivity index (χ4v) is 8.25. The fourth-order valence-electron chi connectivity index (χ4n) is 4.35. The maximum absolute atomic E-state index is 13.4. The molecule has 3 rings (SSSR count). The Morgan fingerprint density at radius 1 is 1.18 bits per heavy atom. The molecular formula is C26H39N2O7PS2. The van der Waals surface area contributed by atoms with E-state index in [4.69, 9.17) is 19.5 Å². The predicted octanol–water partition coefficient (Wildman–Crippen LogP) is 4.91. The van der Waals surface area contributed by atoms with Crippen molar-refractivity contribution in [2.24, 2.45) is 11.7 Å². The Bertz CT molecular complexity index is 1130. The van der Waals surface area contributed by atoms with Crippen LogP contribution >= 0.6 is 19.4 Å². The third-order valence-electron chi connectivity index (χ3n) is 6.44. The lowest BCUT2D eigenvalue weighted by Crippen LogP contribution is -2.30. The molecule has 38 heavy (non-hydrogen) atoms. The number of hydrogen-bond acceptors (Lipinski definition) is 9. The van der Waals surface area contributed by atoms with Gasteiger partial charge in [-0.2, -0.15) is 0 Å². The van der Waals surface area contributed by atoms with E-state index in [0.717, 1.165) is 30.2 Å². The summed E-state index contributed by atoms with van der Waals surface area (Å²) < 4.78 is 53.9. The molecule has 1 aliphatic heterocycles. The Labute approximate surface area is 230 Å². The number of carbonyl (C=O) groups excluding carboxylic acids is 1. The van der Waals surface area contributed by atoms with Crippen LogP contribution in [0.5, 0.6) is 0 Å². The zero-order valence-electron chi connectivity index (χ0n) is 22.1. The fraction of sp³-hybridized carbons (Fsp3) is 0.577. The van der Waals surface area contributed by atoms with Gasteiger partial charge in [-0.05, 0) is 75.0 Å². The molecule has 1 aromatic rings. The summed E-state index contributed by atoms with van der Waals surface area (Å²) in [5.74, 6) is -0.393. The Balaban J connectivity index is 1.68. The molecule has 0 radical (unpaired) electrons. The molecule has 12 heteroatoms. The second-order valence-electron chi connectivity index (χ2n) is 9.49. The highest BCUT2D eigenvalue weighted by atomic mass is 32.2. The molecule has 0 bridgehead atoms. The lowest BCUT2D eigenvalue weighted by molar-refractivity contribution is -0.122. The third-order valence-corrected chi connectivity index (χ3v) is 11.6. The van der Waals surface area contributed by atoms with Gasteiger partial charge in [-0.1, -0.05) is 30.5 Å². The lowest BCUT2D eigenvalue weighted by Gasteiger charge is -2.26. The number of carbonyl (C=O) groups is 1. The van der Waals surface area contributed by atoms with Crippen molar-refractivity contribution in [1.29, 1.82) is 0 Å². The SMILES string of the molecule is C=C(NC(=O)[C@H](CC1CCOCC1)c1ccc(S(=O)(=O)C2CC2)cc1)S/C=C(\N)CP(=O)(OCC)OCC. The average Bonchev–Trinajstić information content (AvgIpc) is 3.73. The number of amides is 1. The van der Waals surface area contributed by atoms with Crippen LogP contribution in [0.1, 0.15) is 57.4 Å². The summed E-state index contributed by atoms with van der Waals surface area (Å²) >= 11 is 1.12. The first kappa shape index (κ1) is 30.9. The topological polar surface area (TPSA) is 134 Å². The van der Waals surface area contributed by atoms with Crippen LogP contribution in [-0.2, 0) is 33.0 Å². The van der Waals surface area contributed by atoms with E-state index in [1.807, 2.05) is 0 Å². The van der Waals surface area contributed by atoms with Gasteiger partial charge in [-0.3, -0.25) is 9.36 Å². The van der Waals surface area contributed by atoms with Gasteiger partial charge in [-0.15, -0.1) is 0 Å². The van der Waals surface area contributed by atoms with E-state index in [0.29, 0.717) is 54.0 Å². The summed E-state index contributed by atoms with van der Waals surface area (Å²) in [7, 11) is -6.64. The number of sulfone groups is 1. The van der Waals surface area contributed by atoms with Crippen molar-refractivity contribution >= 4 is 35.1 Å². The van der Waals surface area contributed by atoms with Crippen LogP contribution in [0, 0.1) is 5.92 Å². The zero-order chi connectivity index (χ0) is 27.8. The Morgan fingerprint density at radius 2 is 1.79 bits per heavy atom. The molecule has 1 amide bonds. The van der Waals surface area contributed by atoms with Gasteiger partial charge in [0, 0.05) is 18.9 Å². The number of thioether (sulfide) groups is 1. The molecule has 1 heterocycles. The van der Waals surface area contributed by atoms with Crippen molar-refractivity contribution in [3.8, 4) is 0 Å². The first-order valence-corrected chi connectivity index (χ1v) is 17.1.